The van der Waals surface area contributed by atoms with E-state index in [1.807, 2.05) is 0 Å². The summed E-state index contributed by atoms with van der Waals surface area (Å²) in [6.07, 6.45) is 2.15. The fourth-order valence-electron chi connectivity index (χ4n) is 0.677. The molecule has 11 heavy (non-hydrogen) atoms. The second kappa shape index (κ2) is 5.52. The summed E-state index contributed by atoms with van der Waals surface area (Å²) in [5.74, 6) is 0. The third-order valence-corrected chi connectivity index (χ3v) is 2.40. The highest BCUT2D eigenvalue weighted by molar-refractivity contribution is 6.80. The van der Waals surface area contributed by atoms with E-state index in [1.54, 1.807) is 0 Å². The van der Waals surface area contributed by atoms with Crippen molar-refractivity contribution in [3.05, 3.63) is 11.8 Å². The van der Waals surface area contributed by atoms with Crippen molar-refractivity contribution in [3.8, 4) is 0 Å². The molecule has 0 aromatic rings. The Balaban J connectivity index is 3.30. The number of hydrogen-bond donors (Lipinski definition) is 2. The van der Waals surface area contributed by atoms with Crippen molar-refractivity contribution >= 4 is 8.07 Å². The predicted molar refractivity (Wildman–Crippen MR) is 52.4 cm³/mol. The van der Waals surface area contributed by atoms with Crippen LogP contribution in [0.15, 0.2) is 11.8 Å². The van der Waals surface area contributed by atoms with E-state index in [4.69, 9.17) is 5.11 Å². The van der Waals surface area contributed by atoms with Gasteiger partial charge in [0.05, 0.1) is 14.7 Å². The Hall–Kier alpha value is -0.123. The van der Waals surface area contributed by atoms with Crippen molar-refractivity contribution in [1.82, 2.24) is 5.32 Å². The van der Waals surface area contributed by atoms with E-state index in [0.29, 0.717) is 6.54 Å². The lowest BCUT2D eigenvalue weighted by Gasteiger charge is -2.07. The topological polar surface area (TPSA) is 32.3 Å². The molecule has 0 fully saturated rings. The molecule has 0 amide bonds. The molecule has 3 heteroatoms. The fraction of sp³-hybridized carbons (Fsp3) is 0.750. The predicted octanol–water partition coefficient (Wildman–Crippen LogP) is 1.00. The van der Waals surface area contributed by atoms with E-state index < -0.39 is 8.07 Å². The van der Waals surface area contributed by atoms with E-state index in [2.05, 4.69) is 36.7 Å². The molecule has 0 saturated carbocycles. The molecule has 0 spiro atoms. The Morgan fingerprint density at radius 3 is 2.45 bits per heavy atom. The smallest absolute Gasteiger partial charge is 0.0683 e. The largest absolute Gasteiger partial charge is 0.395 e. The molecule has 2 N–H and O–H groups in total. The molecule has 0 rings (SSSR count). The first kappa shape index (κ1) is 10.9. The van der Waals surface area contributed by atoms with Gasteiger partial charge >= 0.3 is 0 Å². The summed E-state index contributed by atoms with van der Waals surface area (Å²) in [6.45, 7) is 8.70. The van der Waals surface area contributed by atoms with E-state index >= 15 is 0 Å². The van der Waals surface area contributed by atoms with Gasteiger partial charge in [-0.05, 0) is 0 Å². The number of aliphatic hydroxyl groups excluding tert-OH is 1. The zero-order chi connectivity index (χ0) is 8.74. The Kier molecular flexibility index (Phi) is 5.46. The van der Waals surface area contributed by atoms with Crippen LogP contribution in [0.25, 0.3) is 0 Å². The molecule has 0 radical (unpaired) electrons. The van der Waals surface area contributed by atoms with Gasteiger partial charge in [-0.15, -0.1) is 0 Å². The summed E-state index contributed by atoms with van der Waals surface area (Å²) in [4.78, 5) is 0. The van der Waals surface area contributed by atoms with Crippen molar-refractivity contribution in [3.63, 3.8) is 0 Å². The van der Waals surface area contributed by atoms with Crippen LogP contribution < -0.4 is 5.32 Å². The van der Waals surface area contributed by atoms with Crippen LogP contribution in [0.4, 0.5) is 0 Å². The Morgan fingerprint density at radius 2 is 2.00 bits per heavy atom. The van der Waals surface area contributed by atoms with Gasteiger partial charge < -0.3 is 10.4 Å². The highest BCUT2D eigenvalue weighted by Crippen LogP contribution is 2.00. The third kappa shape index (κ3) is 9.88. The van der Waals surface area contributed by atoms with Crippen molar-refractivity contribution in [2.24, 2.45) is 0 Å². The quantitative estimate of drug-likeness (QED) is 0.480. The SMILES string of the molecule is C[Si](C)(C)/C=C/CNCCO. The second-order valence-corrected chi connectivity index (χ2v) is 8.76. The van der Waals surface area contributed by atoms with Gasteiger partial charge in [0.25, 0.3) is 0 Å². The molecule has 0 saturated heterocycles. The van der Waals surface area contributed by atoms with Crippen LogP contribution >= 0.6 is 0 Å². The molecule has 0 aliphatic rings. The molecule has 0 bridgehead atoms. The molecular weight excluding hydrogens is 154 g/mol. The second-order valence-electron chi connectivity index (χ2n) is 3.70. The maximum atomic E-state index is 8.45. The van der Waals surface area contributed by atoms with Crippen LogP contribution in [0.5, 0.6) is 0 Å². The van der Waals surface area contributed by atoms with Crippen molar-refractivity contribution in [2.75, 3.05) is 19.7 Å². The van der Waals surface area contributed by atoms with Crippen LogP contribution in [0.1, 0.15) is 0 Å². The average molecular weight is 173 g/mol. The molecule has 2 nitrogen and oxygen atoms in total. The summed E-state index contributed by atoms with van der Waals surface area (Å²) < 4.78 is 0. The minimum absolute atomic E-state index is 0.223. The highest BCUT2D eigenvalue weighted by Gasteiger charge is 2.05. The maximum Gasteiger partial charge on any atom is 0.0683 e. The standard InChI is InChI=1S/C8H19NOSi/c1-11(2,3)8-4-5-9-6-7-10/h4,8-10H,5-7H2,1-3H3/b8-4+. The molecule has 0 unspecified atom stereocenters. The van der Waals surface area contributed by atoms with Gasteiger partial charge in [0.2, 0.25) is 0 Å². The Labute approximate surface area is 70.3 Å². The lowest BCUT2D eigenvalue weighted by molar-refractivity contribution is 0.294. The van der Waals surface area contributed by atoms with Gasteiger partial charge in [-0.2, -0.15) is 0 Å². The number of hydrogen-bond acceptors (Lipinski definition) is 2. The van der Waals surface area contributed by atoms with Crippen LogP contribution in [-0.2, 0) is 0 Å². The lowest BCUT2D eigenvalue weighted by Crippen LogP contribution is -2.20. The maximum absolute atomic E-state index is 8.45. The lowest BCUT2D eigenvalue weighted by atomic mass is 10.6. The summed E-state index contributed by atoms with van der Waals surface area (Å²) in [5.41, 5.74) is 2.30. The molecule has 0 aliphatic carbocycles. The van der Waals surface area contributed by atoms with Gasteiger partial charge in [0.15, 0.2) is 0 Å². The molecule has 66 valence electrons. The summed E-state index contributed by atoms with van der Waals surface area (Å²) in [7, 11) is -1.00. The summed E-state index contributed by atoms with van der Waals surface area (Å²) in [6, 6.07) is 0. The van der Waals surface area contributed by atoms with Gasteiger partial charge in [0.1, 0.15) is 0 Å². The zero-order valence-corrected chi connectivity index (χ0v) is 8.72. The van der Waals surface area contributed by atoms with Gasteiger partial charge in [-0.25, -0.2) is 0 Å². The molecule has 0 aromatic carbocycles. The zero-order valence-electron chi connectivity index (χ0n) is 7.72. The summed E-state index contributed by atoms with van der Waals surface area (Å²) >= 11 is 0. The van der Waals surface area contributed by atoms with Crippen molar-refractivity contribution in [2.45, 2.75) is 19.6 Å². The van der Waals surface area contributed by atoms with Crippen LogP contribution in [-0.4, -0.2) is 32.9 Å². The van der Waals surface area contributed by atoms with Crippen LogP contribution in [0, 0.1) is 0 Å². The molecular formula is C8H19NOSi. The van der Waals surface area contributed by atoms with Crippen LogP contribution in [0.2, 0.25) is 19.6 Å². The third-order valence-electron chi connectivity index (χ3n) is 1.17. The van der Waals surface area contributed by atoms with Gasteiger partial charge in [-0.3, -0.25) is 0 Å². The molecule has 0 aliphatic heterocycles. The Morgan fingerprint density at radius 1 is 1.36 bits per heavy atom. The number of nitrogens with one attached hydrogen (secondary N) is 1. The van der Waals surface area contributed by atoms with E-state index in [9.17, 15) is 0 Å². The van der Waals surface area contributed by atoms with Gasteiger partial charge in [-0.1, -0.05) is 31.4 Å². The van der Waals surface area contributed by atoms with E-state index in [1.165, 1.54) is 0 Å². The normalized spacial score (nSPS) is 12.7. The monoisotopic (exact) mass is 173 g/mol. The number of rotatable bonds is 5. The average Bonchev–Trinajstić information content (AvgIpc) is 1.85. The Bertz CT molecular complexity index is 118. The van der Waals surface area contributed by atoms with Crippen molar-refractivity contribution < 1.29 is 5.11 Å². The summed E-state index contributed by atoms with van der Waals surface area (Å²) in [5, 5.41) is 11.5. The molecule has 0 aromatic heterocycles. The van der Waals surface area contributed by atoms with E-state index in [-0.39, 0.29) is 6.61 Å². The number of aliphatic hydroxyl groups is 1. The molecule has 0 atom stereocenters. The van der Waals surface area contributed by atoms with Gasteiger partial charge in [0, 0.05) is 13.1 Å². The first-order valence-corrected chi connectivity index (χ1v) is 7.63. The first-order chi connectivity index (χ1) is 5.06. The minimum Gasteiger partial charge on any atom is -0.395 e. The molecule has 0 heterocycles. The highest BCUT2D eigenvalue weighted by atomic mass is 28.3. The fourth-order valence-corrected chi connectivity index (χ4v) is 1.50. The minimum atomic E-state index is -1.00. The van der Waals surface area contributed by atoms with Crippen LogP contribution in [0.3, 0.4) is 0 Å². The first-order valence-electron chi connectivity index (χ1n) is 4.05. The van der Waals surface area contributed by atoms with Crippen molar-refractivity contribution in [1.29, 1.82) is 0 Å². The van der Waals surface area contributed by atoms with E-state index in [0.717, 1.165) is 6.54 Å².